The molecule has 146 valence electrons. The second-order valence-corrected chi connectivity index (χ2v) is 7.70. The summed E-state index contributed by atoms with van der Waals surface area (Å²) < 4.78 is 1.83. The molecule has 0 spiro atoms. The molecule has 2 heterocycles. The number of piperidine rings is 1. The Hall–Kier alpha value is -2.18. The van der Waals surface area contributed by atoms with Gasteiger partial charge in [0.2, 0.25) is 0 Å². The molecule has 1 aromatic heterocycles. The molecule has 0 aliphatic carbocycles. The van der Waals surface area contributed by atoms with E-state index in [1.54, 1.807) is 11.1 Å². The highest BCUT2D eigenvalue weighted by atomic mass is 16.3. The standard InChI is InChI=1S/C21H30N4O2/c1-17(2)19-7-5-18(6-8-19)15-24-12-3-9-21(27,20(24)26)16-22-11-14-25-13-4-10-23-25/h4-8,10,13,17,22,27H,3,9,11-12,14-16H2,1-2H3/t21-/m0/s1. The fourth-order valence-electron chi connectivity index (χ4n) is 3.53. The number of nitrogens with one attached hydrogen (secondary N) is 1. The Morgan fingerprint density at radius 2 is 2.07 bits per heavy atom. The first-order valence-corrected chi connectivity index (χ1v) is 9.77. The molecule has 1 aliphatic rings. The van der Waals surface area contributed by atoms with Gasteiger partial charge in [0.25, 0.3) is 5.91 Å². The predicted molar refractivity (Wildman–Crippen MR) is 105 cm³/mol. The molecule has 1 aromatic carbocycles. The Balaban J connectivity index is 1.53. The van der Waals surface area contributed by atoms with Crippen molar-refractivity contribution in [1.82, 2.24) is 20.0 Å². The van der Waals surface area contributed by atoms with Crippen LogP contribution in [0.1, 0.15) is 43.7 Å². The highest BCUT2D eigenvalue weighted by molar-refractivity contribution is 5.86. The minimum Gasteiger partial charge on any atom is -0.379 e. The fourth-order valence-corrected chi connectivity index (χ4v) is 3.53. The Morgan fingerprint density at radius 3 is 2.74 bits per heavy atom. The molecule has 0 saturated carbocycles. The van der Waals surface area contributed by atoms with Gasteiger partial charge in [0.15, 0.2) is 5.60 Å². The molecule has 6 heteroatoms. The lowest BCUT2D eigenvalue weighted by atomic mass is 9.91. The van der Waals surface area contributed by atoms with Gasteiger partial charge in [0.05, 0.1) is 6.54 Å². The van der Waals surface area contributed by atoms with Gasteiger partial charge in [-0.25, -0.2) is 0 Å². The van der Waals surface area contributed by atoms with Crippen molar-refractivity contribution in [2.45, 2.75) is 51.3 Å². The lowest BCUT2D eigenvalue weighted by Gasteiger charge is -2.38. The quantitative estimate of drug-likeness (QED) is 0.699. The molecule has 0 bridgehead atoms. The molecule has 1 aliphatic heterocycles. The summed E-state index contributed by atoms with van der Waals surface area (Å²) in [5.41, 5.74) is 1.07. The van der Waals surface area contributed by atoms with Gasteiger partial charge in [-0.3, -0.25) is 9.48 Å². The molecule has 1 fully saturated rings. The first-order chi connectivity index (χ1) is 13.0. The van der Waals surface area contributed by atoms with Crippen LogP contribution in [0.2, 0.25) is 0 Å². The van der Waals surface area contributed by atoms with Crippen molar-refractivity contribution in [2.75, 3.05) is 19.6 Å². The molecular formula is C21H30N4O2. The number of carbonyl (C=O) groups excluding carboxylic acids is 1. The van der Waals surface area contributed by atoms with Gasteiger partial charge in [0.1, 0.15) is 0 Å². The van der Waals surface area contributed by atoms with Gasteiger partial charge in [-0.1, -0.05) is 38.1 Å². The van der Waals surface area contributed by atoms with E-state index in [0.29, 0.717) is 38.5 Å². The Labute approximate surface area is 161 Å². The number of likely N-dealkylation sites (tertiary alicyclic amines) is 1. The molecule has 27 heavy (non-hydrogen) atoms. The van der Waals surface area contributed by atoms with Crippen LogP contribution in [0.5, 0.6) is 0 Å². The zero-order chi connectivity index (χ0) is 19.3. The van der Waals surface area contributed by atoms with Crippen molar-refractivity contribution in [3.05, 3.63) is 53.9 Å². The minimum absolute atomic E-state index is 0.173. The molecule has 0 radical (unpaired) electrons. The number of rotatable bonds is 8. The average Bonchev–Trinajstić information content (AvgIpc) is 3.17. The summed E-state index contributed by atoms with van der Waals surface area (Å²) in [5, 5.41) is 18.2. The number of amides is 1. The summed E-state index contributed by atoms with van der Waals surface area (Å²) in [6.45, 7) is 7.23. The number of carbonyl (C=O) groups is 1. The lowest BCUT2D eigenvalue weighted by molar-refractivity contribution is -0.157. The van der Waals surface area contributed by atoms with Crippen LogP contribution in [-0.4, -0.2) is 50.9 Å². The zero-order valence-electron chi connectivity index (χ0n) is 16.3. The van der Waals surface area contributed by atoms with E-state index in [2.05, 4.69) is 48.5 Å². The maximum atomic E-state index is 12.9. The molecule has 2 N–H and O–H groups in total. The SMILES string of the molecule is CC(C)c1ccc(CN2CCC[C@](O)(CNCCn3cccn3)C2=O)cc1. The molecular weight excluding hydrogens is 340 g/mol. The zero-order valence-corrected chi connectivity index (χ0v) is 16.3. The number of benzene rings is 1. The van der Waals surface area contributed by atoms with Crippen molar-refractivity contribution >= 4 is 5.91 Å². The summed E-state index contributed by atoms with van der Waals surface area (Å²) in [7, 11) is 0. The number of hydrogen-bond donors (Lipinski definition) is 2. The van der Waals surface area contributed by atoms with E-state index < -0.39 is 5.60 Å². The Bertz CT molecular complexity index is 727. The van der Waals surface area contributed by atoms with Crippen LogP contribution in [0.3, 0.4) is 0 Å². The second kappa shape index (κ2) is 8.67. The Morgan fingerprint density at radius 1 is 1.30 bits per heavy atom. The van der Waals surface area contributed by atoms with Gasteiger partial charge < -0.3 is 15.3 Å². The van der Waals surface area contributed by atoms with Gasteiger partial charge >= 0.3 is 0 Å². The van der Waals surface area contributed by atoms with E-state index in [9.17, 15) is 9.90 Å². The van der Waals surface area contributed by atoms with E-state index in [1.165, 1.54) is 5.56 Å². The largest absolute Gasteiger partial charge is 0.379 e. The van der Waals surface area contributed by atoms with Crippen molar-refractivity contribution in [3.63, 3.8) is 0 Å². The summed E-state index contributed by atoms with van der Waals surface area (Å²) in [4.78, 5) is 14.6. The van der Waals surface area contributed by atoms with E-state index in [0.717, 1.165) is 12.0 Å². The van der Waals surface area contributed by atoms with E-state index in [1.807, 2.05) is 16.9 Å². The predicted octanol–water partition coefficient (Wildman–Crippen LogP) is 2.15. The van der Waals surface area contributed by atoms with Crippen LogP contribution < -0.4 is 5.32 Å². The van der Waals surface area contributed by atoms with Crippen LogP contribution in [-0.2, 0) is 17.9 Å². The summed E-state index contributed by atoms with van der Waals surface area (Å²) in [6, 6.07) is 10.3. The molecule has 3 rings (SSSR count). The molecule has 0 unspecified atom stereocenters. The summed E-state index contributed by atoms with van der Waals surface area (Å²) in [6.07, 6.45) is 4.95. The third kappa shape index (κ3) is 4.96. The van der Waals surface area contributed by atoms with Crippen molar-refractivity contribution < 1.29 is 9.90 Å². The minimum atomic E-state index is -1.32. The monoisotopic (exact) mass is 370 g/mol. The highest BCUT2D eigenvalue weighted by Gasteiger charge is 2.41. The number of hydrogen-bond acceptors (Lipinski definition) is 4. The molecule has 6 nitrogen and oxygen atoms in total. The first-order valence-electron chi connectivity index (χ1n) is 9.77. The number of nitrogens with zero attached hydrogens (tertiary/aromatic N) is 3. The second-order valence-electron chi connectivity index (χ2n) is 7.70. The Kier molecular flexibility index (Phi) is 6.29. The molecule has 1 saturated heterocycles. The van der Waals surface area contributed by atoms with Gasteiger partial charge in [-0.15, -0.1) is 0 Å². The van der Waals surface area contributed by atoms with Crippen molar-refractivity contribution in [1.29, 1.82) is 0 Å². The third-order valence-corrected chi connectivity index (χ3v) is 5.22. The first kappa shape index (κ1) is 19.6. The van der Waals surface area contributed by atoms with Crippen LogP contribution in [0.25, 0.3) is 0 Å². The molecule has 1 atom stereocenters. The molecule has 2 aromatic rings. The third-order valence-electron chi connectivity index (χ3n) is 5.22. The van der Waals surface area contributed by atoms with Crippen LogP contribution in [0.4, 0.5) is 0 Å². The molecule has 1 amide bonds. The topological polar surface area (TPSA) is 70.4 Å². The average molecular weight is 370 g/mol. The van der Waals surface area contributed by atoms with E-state index in [-0.39, 0.29) is 12.5 Å². The van der Waals surface area contributed by atoms with Gasteiger partial charge in [-0.05, 0) is 36.0 Å². The number of aromatic nitrogens is 2. The maximum Gasteiger partial charge on any atom is 0.256 e. The fraction of sp³-hybridized carbons (Fsp3) is 0.524. The van der Waals surface area contributed by atoms with Crippen LogP contribution in [0.15, 0.2) is 42.7 Å². The van der Waals surface area contributed by atoms with Crippen LogP contribution in [0, 0.1) is 0 Å². The lowest BCUT2D eigenvalue weighted by Crippen LogP contribution is -2.57. The van der Waals surface area contributed by atoms with Crippen LogP contribution >= 0.6 is 0 Å². The van der Waals surface area contributed by atoms with E-state index >= 15 is 0 Å². The van der Waals surface area contributed by atoms with Gasteiger partial charge in [-0.2, -0.15) is 5.10 Å². The number of aliphatic hydroxyl groups is 1. The van der Waals surface area contributed by atoms with E-state index in [4.69, 9.17) is 0 Å². The van der Waals surface area contributed by atoms with Gasteiger partial charge in [0, 0.05) is 38.6 Å². The smallest absolute Gasteiger partial charge is 0.256 e. The normalized spacial score (nSPS) is 20.4. The summed E-state index contributed by atoms with van der Waals surface area (Å²) >= 11 is 0. The summed E-state index contributed by atoms with van der Waals surface area (Å²) in [5.74, 6) is 0.321. The van der Waals surface area contributed by atoms with Crippen molar-refractivity contribution in [2.24, 2.45) is 0 Å². The highest BCUT2D eigenvalue weighted by Crippen LogP contribution is 2.24. The van der Waals surface area contributed by atoms with Crippen molar-refractivity contribution in [3.8, 4) is 0 Å². The maximum absolute atomic E-state index is 12.9.